The van der Waals surface area contributed by atoms with Crippen LogP contribution in [0.15, 0.2) is 84.9 Å². The molecule has 0 saturated carbocycles. The molecule has 192 valence electrons. The highest BCUT2D eigenvalue weighted by atomic mass is 16.5. The molecule has 0 saturated heterocycles. The predicted molar refractivity (Wildman–Crippen MR) is 147 cm³/mol. The largest absolute Gasteiger partial charge is 0.497 e. The first-order valence-corrected chi connectivity index (χ1v) is 12.4. The molecular formula is C32H34O5. The van der Waals surface area contributed by atoms with E-state index in [4.69, 9.17) is 23.7 Å². The molecule has 0 radical (unpaired) electrons. The van der Waals surface area contributed by atoms with Crippen LogP contribution in [0.2, 0.25) is 0 Å². The molecular weight excluding hydrogens is 464 g/mol. The molecule has 4 rings (SSSR count). The van der Waals surface area contributed by atoms with Gasteiger partial charge in [-0.25, -0.2) is 0 Å². The van der Waals surface area contributed by atoms with E-state index >= 15 is 0 Å². The minimum Gasteiger partial charge on any atom is -0.497 e. The average molecular weight is 499 g/mol. The van der Waals surface area contributed by atoms with Gasteiger partial charge in [0.1, 0.15) is 11.5 Å². The van der Waals surface area contributed by atoms with Crippen molar-refractivity contribution < 1.29 is 23.7 Å². The number of rotatable bonds is 12. The van der Waals surface area contributed by atoms with Crippen molar-refractivity contribution in [2.75, 3.05) is 28.4 Å². The number of hydrogen-bond acceptors (Lipinski definition) is 5. The van der Waals surface area contributed by atoms with Gasteiger partial charge in [-0.15, -0.1) is 0 Å². The zero-order valence-corrected chi connectivity index (χ0v) is 22.0. The summed E-state index contributed by atoms with van der Waals surface area (Å²) in [6.07, 6.45) is 3.59. The fourth-order valence-corrected chi connectivity index (χ4v) is 4.19. The second-order valence-electron chi connectivity index (χ2n) is 8.77. The fourth-order valence-electron chi connectivity index (χ4n) is 4.19. The summed E-state index contributed by atoms with van der Waals surface area (Å²) in [7, 11) is 6.67. The van der Waals surface area contributed by atoms with Crippen LogP contribution in [0.25, 0.3) is 0 Å². The Kier molecular flexibility index (Phi) is 8.93. The fraction of sp³-hybridized carbons (Fsp3) is 0.250. The third-order valence-electron chi connectivity index (χ3n) is 6.40. The molecule has 0 aromatic heterocycles. The van der Waals surface area contributed by atoms with Crippen LogP contribution in [0.4, 0.5) is 0 Å². The predicted octanol–water partition coefficient (Wildman–Crippen LogP) is 7.08. The maximum Gasteiger partial charge on any atom is 0.169 e. The van der Waals surface area contributed by atoms with E-state index in [2.05, 4.69) is 36.4 Å². The highest BCUT2D eigenvalue weighted by molar-refractivity contribution is 5.50. The Morgan fingerprint density at radius 1 is 0.378 bits per heavy atom. The van der Waals surface area contributed by atoms with E-state index in [0.717, 1.165) is 37.2 Å². The van der Waals surface area contributed by atoms with Gasteiger partial charge >= 0.3 is 0 Å². The van der Waals surface area contributed by atoms with Crippen LogP contribution in [0.3, 0.4) is 0 Å². The minimum absolute atomic E-state index is 0.667. The lowest BCUT2D eigenvalue weighted by Crippen LogP contribution is -1.98. The molecule has 0 N–H and O–H groups in total. The van der Waals surface area contributed by atoms with Gasteiger partial charge in [-0.3, -0.25) is 0 Å². The molecule has 4 aromatic carbocycles. The lowest BCUT2D eigenvalue weighted by Gasteiger charge is -2.15. The van der Waals surface area contributed by atoms with E-state index in [1.54, 1.807) is 28.4 Å². The zero-order valence-electron chi connectivity index (χ0n) is 22.0. The van der Waals surface area contributed by atoms with Crippen molar-refractivity contribution in [3.63, 3.8) is 0 Å². The van der Waals surface area contributed by atoms with Gasteiger partial charge in [0.25, 0.3) is 0 Å². The SMILES string of the molecule is COc1ccc(CCc2ccc(OC)c(Oc3cc(CCc4ccc(OC)cc4)ccc3OC)c2)cc1. The summed E-state index contributed by atoms with van der Waals surface area (Å²) in [5.74, 6) is 4.42. The van der Waals surface area contributed by atoms with Gasteiger partial charge in [-0.2, -0.15) is 0 Å². The van der Waals surface area contributed by atoms with Crippen molar-refractivity contribution >= 4 is 0 Å². The second-order valence-corrected chi connectivity index (χ2v) is 8.77. The molecule has 0 unspecified atom stereocenters. The molecule has 4 aromatic rings. The van der Waals surface area contributed by atoms with Gasteiger partial charge in [0.15, 0.2) is 23.0 Å². The third-order valence-corrected chi connectivity index (χ3v) is 6.40. The molecule has 0 amide bonds. The van der Waals surface area contributed by atoms with E-state index in [1.165, 1.54) is 22.3 Å². The topological polar surface area (TPSA) is 46.2 Å². The Hall–Kier alpha value is -4.12. The molecule has 0 aliphatic heterocycles. The van der Waals surface area contributed by atoms with Crippen molar-refractivity contribution in [3.8, 4) is 34.5 Å². The molecule has 0 aliphatic rings. The Balaban J connectivity index is 1.48. The highest BCUT2D eigenvalue weighted by Gasteiger charge is 2.13. The lowest BCUT2D eigenvalue weighted by atomic mass is 10.0. The van der Waals surface area contributed by atoms with Crippen LogP contribution < -0.4 is 23.7 Å². The van der Waals surface area contributed by atoms with Crippen molar-refractivity contribution in [2.45, 2.75) is 25.7 Å². The summed E-state index contributed by atoms with van der Waals surface area (Å²) < 4.78 is 28.1. The Labute approximate surface area is 219 Å². The molecule has 5 nitrogen and oxygen atoms in total. The Bertz CT molecular complexity index is 1180. The van der Waals surface area contributed by atoms with Gasteiger partial charge in [-0.1, -0.05) is 36.4 Å². The number of benzene rings is 4. The van der Waals surface area contributed by atoms with Crippen LogP contribution >= 0.6 is 0 Å². The molecule has 37 heavy (non-hydrogen) atoms. The van der Waals surface area contributed by atoms with Crippen molar-refractivity contribution in [2.24, 2.45) is 0 Å². The molecule has 0 heterocycles. The summed E-state index contributed by atoms with van der Waals surface area (Å²) >= 11 is 0. The van der Waals surface area contributed by atoms with Crippen molar-refractivity contribution in [1.82, 2.24) is 0 Å². The second kappa shape index (κ2) is 12.7. The van der Waals surface area contributed by atoms with E-state index in [0.29, 0.717) is 23.0 Å². The standard InChI is InChI=1S/C32H34O5/c1-33-27-15-9-23(10-16-27)5-7-25-13-19-29(35-3)31(21-25)37-32-22-26(14-20-30(32)36-4)8-6-24-11-17-28(34-2)18-12-24/h9-22H,5-8H2,1-4H3. The third kappa shape index (κ3) is 6.98. The lowest BCUT2D eigenvalue weighted by molar-refractivity contribution is 0.356. The van der Waals surface area contributed by atoms with E-state index in [1.807, 2.05) is 48.5 Å². The van der Waals surface area contributed by atoms with Crippen molar-refractivity contribution in [1.29, 1.82) is 0 Å². The molecule has 0 aliphatic carbocycles. The first kappa shape index (κ1) is 26.0. The van der Waals surface area contributed by atoms with Gasteiger partial charge in [0.05, 0.1) is 28.4 Å². The Morgan fingerprint density at radius 3 is 1.08 bits per heavy atom. The molecule has 0 atom stereocenters. The van der Waals surface area contributed by atoms with Gasteiger partial charge in [0, 0.05) is 0 Å². The van der Waals surface area contributed by atoms with E-state index < -0.39 is 0 Å². The van der Waals surface area contributed by atoms with Crippen LogP contribution in [-0.4, -0.2) is 28.4 Å². The molecule has 0 spiro atoms. The van der Waals surface area contributed by atoms with Gasteiger partial charge in [-0.05, 0) is 96.5 Å². The number of aryl methyl sites for hydroxylation is 4. The van der Waals surface area contributed by atoms with Crippen LogP contribution in [0.5, 0.6) is 34.5 Å². The van der Waals surface area contributed by atoms with Crippen LogP contribution in [-0.2, 0) is 25.7 Å². The summed E-state index contributed by atoms with van der Waals surface area (Å²) in [4.78, 5) is 0. The summed E-state index contributed by atoms with van der Waals surface area (Å²) in [5, 5.41) is 0. The molecule has 0 fully saturated rings. The smallest absolute Gasteiger partial charge is 0.169 e. The number of ether oxygens (including phenoxy) is 5. The first-order chi connectivity index (χ1) is 18.1. The number of hydrogen-bond donors (Lipinski definition) is 0. The summed E-state index contributed by atoms with van der Waals surface area (Å²) in [6.45, 7) is 0. The van der Waals surface area contributed by atoms with Crippen molar-refractivity contribution in [3.05, 3.63) is 107 Å². The monoisotopic (exact) mass is 498 g/mol. The maximum atomic E-state index is 6.39. The molecule has 0 bridgehead atoms. The van der Waals surface area contributed by atoms with E-state index in [-0.39, 0.29) is 0 Å². The van der Waals surface area contributed by atoms with E-state index in [9.17, 15) is 0 Å². The minimum atomic E-state index is 0.667. The number of methoxy groups -OCH3 is 4. The summed E-state index contributed by atoms with van der Waals surface area (Å²) in [5.41, 5.74) is 4.85. The summed E-state index contributed by atoms with van der Waals surface area (Å²) in [6, 6.07) is 28.5. The highest BCUT2D eigenvalue weighted by Crippen LogP contribution is 2.38. The molecule has 5 heteroatoms. The van der Waals surface area contributed by atoms with Gasteiger partial charge < -0.3 is 23.7 Å². The maximum absolute atomic E-state index is 6.39. The van der Waals surface area contributed by atoms with Crippen LogP contribution in [0.1, 0.15) is 22.3 Å². The normalized spacial score (nSPS) is 10.6. The van der Waals surface area contributed by atoms with Gasteiger partial charge in [0.2, 0.25) is 0 Å². The average Bonchev–Trinajstić information content (AvgIpc) is 2.95. The quantitative estimate of drug-likeness (QED) is 0.209. The zero-order chi connectivity index (χ0) is 26.0. The Morgan fingerprint density at radius 2 is 0.730 bits per heavy atom. The first-order valence-electron chi connectivity index (χ1n) is 12.4. The van der Waals surface area contributed by atoms with Crippen LogP contribution in [0, 0.1) is 0 Å².